The van der Waals surface area contributed by atoms with E-state index >= 15 is 0 Å². The highest BCUT2D eigenvalue weighted by Crippen LogP contribution is 2.43. The molecule has 1 aliphatic rings. The van der Waals surface area contributed by atoms with E-state index in [0.29, 0.717) is 0 Å². The van der Waals surface area contributed by atoms with Gasteiger partial charge in [-0.15, -0.1) is 0 Å². The minimum Gasteiger partial charge on any atom is -0.0613 e. The Morgan fingerprint density at radius 1 is 1.42 bits per heavy atom. The fourth-order valence-corrected chi connectivity index (χ4v) is 2.27. The smallest absolute Gasteiger partial charge is 0.0212 e. The molecule has 64 valence electrons. The zero-order valence-electron chi connectivity index (χ0n) is 7.31. The highest BCUT2D eigenvalue weighted by atomic mass is 79.9. The zero-order valence-corrected chi connectivity index (χ0v) is 8.89. The Hall–Kier alpha value is -0.300. The Bertz CT molecular complexity index is 287. The van der Waals surface area contributed by atoms with Gasteiger partial charge in [0.1, 0.15) is 0 Å². The van der Waals surface area contributed by atoms with Gasteiger partial charge in [0.25, 0.3) is 0 Å². The molecule has 0 atom stereocenters. The van der Waals surface area contributed by atoms with E-state index in [1.165, 1.54) is 28.4 Å². The Balaban J connectivity index is 2.32. The highest BCUT2D eigenvalue weighted by molar-refractivity contribution is 9.10. The summed E-state index contributed by atoms with van der Waals surface area (Å²) in [6.07, 6.45) is 3.89. The molecule has 2 rings (SSSR count). The van der Waals surface area contributed by atoms with Crippen molar-refractivity contribution in [1.29, 1.82) is 0 Å². The molecule has 0 aromatic heterocycles. The molecule has 0 heterocycles. The van der Waals surface area contributed by atoms with Crippen LogP contribution in [0.5, 0.6) is 0 Å². The maximum atomic E-state index is 3.63. The van der Waals surface area contributed by atoms with Gasteiger partial charge in [-0.2, -0.15) is 0 Å². The van der Waals surface area contributed by atoms with Crippen LogP contribution in [0.25, 0.3) is 0 Å². The number of halogens is 1. The van der Waals surface area contributed by atoms with Crippen molar-refractivity contribution in [2.75, 3.05) is 0 Å². The summed E-state index contributed by atoms with van der Waals surface area (Å²) in [7, 11) is 0. The summed E-state index contributed by atoms with van der Waals surface area (Å²) < 4.78 is 1.31. The molecule has 1 aromatic rings. The molecule has 0 nitrogen and oxygen atoms in total. The molecule has 0 N–H and O–H groups in total. The molecule has 1 saturated carbocycles. The van der Waals surface area contributed by atoms with E-state index in [9.17, 15) is 0 Å². The molecule has 0 spiro atoms. The van der Waals surface area contributed by atoms with Gasteiger partial charge in [-0.05, 0) is 42.4 Å². The van der Waals surface area contributed by atoms with Crippen LogP contribution >= 0.6 is 15.9 Å². The molecule has 1 heteroatoms. The Morgan fingerprint density at radius 2 is 2.17 bits per heavy atom. The second-order valence-electron chi connectivity index (χ2n) is 3.48. The lowest BCUT2D eigenvalue weighted by atomic mass is 10.1. The van der Waals surface area contributed by atoms with E-state index in [-0.39, 0.29) is 0 Å². The van der Waals surface area contributed by atoms with Crippen molar-refractivity contribution in [1.82, 2.24) is 0 Å². The fraction of sp³-hybridized carbons (Fsp3) is 0.455. The highest BCUT2D eigenvalue weighted by Gasteiger charge is 2.25. The quantitative estimate of drug-likeness (QED) is 0.716. The van der Waals surface area contributed by atoms with Crippen LogP contribution in [0.15, 0.2) is 22.7 Å². The van der Waals surface area contributed by atoms with Crippen LogP contribution in [-0.2, 0) is 6.42 Å². The van der Waals surface area contributed by atoms with Gasteiger partial charge in [0.2, 0.25) is 0 Å². The van der Waals surface area contributed by atoms with Gasteiger partial charge in [-0.25, -0.2) is 0 Å². The maximum absolute atomic E-state index is 3.63. The predicted molar refractivity (Wildman–Crippen MR) is 55.5 cm³/mol. The van der Waals surface area contributed by atoms with Crippen molar-refractivity contribution in [2.45, 2.75) is 32.1 Å². The molecule has 0 bridgehead atoms. The fourth-order valence-electron chi connectivity index (χ4n) is 1.52. The summed E-state index contributed by atoms with van der Waals surface area (Å²) in [6.45, 7) is 2.19. The average molecular weight is 225 g/mol. The van der Waals surface area contributed by atoms with Crippen LogP contribution in [-0.4, -0.2) is 0 Å². The summed E-state index contributed by atoms with van der Waals surface area (Å²) in [5.74, 6) is 0.852. The standard InChI is InChI=1S/C11H13Br/c1-2-8-3-6-10(9-4-5-9)11(12)7-8/h3,6-7,9H,2,4-5H2,1H3. The van der Waals surface area contributed by atoms with Gasteiger partial charge in [0, 0.05) is 4.47 Å². The van der Waals surface area contributed by atoms with Gasteiger partial charge in [0.05, 0.1) is 0 Å². The summed E-state index contributed by atoms with van der Waals surface area (Å²) >= 11 is 3.63. The van der Waals surface area contributed by atoms with E-state index in [2.05, 4.69) is 41.1 Å². The van der Waals surface area contributed by atoms with Crippen LogP contribution in [0.1, 0.15) is 36.8 Å². The lowest BCUT2D eigenvalue weighted by molar-refractivity contribution is 1.08. The first-order valence-electron chi connectivity index (χ1n) is 4.59. The van der Waals surface area contributed by atoms with Crippen molar-refractivity contribution in [3.8, 4) is 0 Å². The first-order chi connectivity index (χ1) is 5.81. The van der Waals surface area contributed by atoms with Crippen LogP contribution in [0.3, 0.4) is 0 Å². The third-order valence-electron chi connectivity index (χ3n) is 2.49. The first kappa shape index (κ1) is 8.31. The van der Waals surface area contributed by atoms with Crippen molar-refractivity contribution in [3.63, 3.8) is 0 Å². The third kappa shape index (κ3) is 1.56. The molecule has 0 saturated heterocycles. The van der Waals surface area contributed by atoms with E-state index in [4.69, 9.17) is 0 Å². The molecule has 1 aliphatic carbocycles. The van der Waals surface area contributed by atoms with Crippen molar-refractivity contribution >= 4 is 15.9 Å². The molecule has 1 fully saturated rings. The van der Waals surface area contributed by atoms with E-state index in [0.717, 1.165) is 12.3 Å². The molecule has 0 unspecified atom stereocenters. The molecule has 0 aliphatic heterocycles. The number of aryl methyl sites for hydroxylation is 1. The minimum atomic E-state index is 0.852. The van der Waals surface area contributed by atoms with E-state index < -0.39 is 0 Å². The second-order valence-corrected chi connectivity index (χ2v) is 4.34. The topological polar surface area (TPSA) is 0 Å². The first-order valence-corrected chi connectivity index (χ1v) is 5.39. The molecule has 0 radical (unpaired) electrons. The van der Waals surface area contributed by atoms with Crippen molar-refractivity contribution in [3.05, 3.63) is 33.8 Å². The SMILES string of the molecule is CCc1ccc(C2CC2)c(Br)c1. The molecule has 0 amide bonds. The van der Waals surface area contributed by atoms with Gasteiger partial charge < -0.3 is 0 Å². The third-order valence-corrected chi connectivity index (χ3v) is 3.18. The largest absolute Gasteiger partial charge is 0.0613 e. The number of hydrogen-bond acceptors (Lipinski definition) is 0. The summed E-state index contributed by atoms with van der Waals surface area (Å²) in [4.78, 5) is 0. The van der Waals surface area contributed by atoms with Gasteiger partial charge in [-0.1, -0.05) is 35.0 Å². The Labute approximate surface area is 82.1 Å². The van der Waals surface area contributed by atoms with Crippen molar-refractivity contribution in [2.24, 2.45) is 0 Å². The average Bonchev–Trinajstić information content (AvgIpc) is 2.87. The number of benzene rings is 1. The van der Waals surface area contributed by atoms with Crippen LogP contribution < -0.4 is 0 Å². The van der Waals surface area contributed by atoms with Crippen LogP contribution in [0, 0.1) is 0 Å². The normalized spacial score (nSPS) is 16.5. The lowest BCUT2D eigenvalue weighted by Crippen LogP contribution is -1.85. The zero-order chi connectivity index (χ0) is 8.55. The molecule has 1 aromatic carbocycles. The Kier molecular flexibility index (Phi) is 2.22. The monoisotopic (exact) mass is 224 g/mol. The molecule has 12 heavy (non-hydrogen) atoms. The molecular weight excluding hydrogens is 212 g/mol. The number of rotatable bonds is 2. The summed E-state index contributed by atoms with van der Waals surface area (Å²) in [5, 5.41) is 0. The minimum absolute atomic E-state index is 0.852. The van der Waals surface area contributed by atoms with Crippen molar-refractivity contribution < 1.29 is 0 Å². The lowest BCUT2D eigenvalue weighted by Gasteiger charge is -2.04. The second kappa shape index (κ2) is 3.21. The Morgan fingerprint density at radius 3 is 2.67 bits per heavy atom. The predicted octanol–water partition coefficient (Wildman–Crippen LogP) is 3.89. The maximum Gasteiger partial charge on any atom is 0.0212 e. The summed E-state index contributed by atoms with van der Waals surface area (Å²) in [5.41, 5.74) is 2.93. The van der Waals surface area contributed by atoms with Gasteiger partial charge in [0.15, 0.2) is 0 Å². The van der Waals surface area contributed by atoms with E-state index in [1.807, 2.05) is 0 Å². The van der Waals surface area contributed by atoms with E-state index in [1.54, 1.807) is 0 Å². The van der Waals surface area contributed by atoms with Gasteiger partial charge >= 0.3 is 0 Å². The van der Waals surface area contributed by atoms with Crippen LogP contribution in [0.2, 0.25) is 0 Å². The molecular formula is C11H13Br. The number of hydrogen-bond donors (Lipinski definition) is 0. The summed E-state index contributed by atoms with van der Waals surface area (Å²) in [6, 6.07) is 6.78. The van der Waals surface area contributed by atoms with Crippen LogP contribution in [0.4, 0.5) is 0 Å². The van der Waals surface area contributed by atoms with Gasteiger partial charge in [-0.3, -0.25) is 0 Å².